The number of benzene rings is 1. The summed E-state index contributed by atoms with van der Waals surface area (Å²) in [5.74, 6) is 0.388. The molecule has 1 unspecified atom stereocenters. The van der Waals surface area contributed by atoms with Crippen LogP contribution in [0.5, 0.6) is 0 Å². The highest BCUT2D eigenvalue weighted by atomic mass is 16.3. The van der Waals surface area contributed by atoms with Gasteiger partial charge in [0.05, 0.1) is 0 Å². The maximum atomic E-state index is 11.2. The minimum atomic E-state index is -0.921. The molecule has 2 N–H and O–H groups in total. The Bertz CT molecular complexity index is 457. The van der Waals surface area contributed by atoms with Crippen LogP contribution in [0, 0.1) is 6.92 Å². The standard InChI is InChI=1S/C14H20N2O2/c1-9(2)11-4-5-12(10(3)8-11)16-7-6-13(17)15-14(16)18/h4-5,8-9,14,18H,6-7H2,1-3H3,(H,15,17). The third kappa shape index (κ3) is 2.48. The highest BCUT2D eigenvalue weighted by molar-refractivity contribution is 5.78. The number of carbonyl (C=O) groups is 1. The molecule has 1 atom stereocenters. The molecular weight excluding hydrogens is 228 g/mol. The molecule has 1 aromatic carbocycles. The highest BCUT2D eigenvalue weighted by Crippen LogP contribution is 2.26. The van der Waals surface area contributed by atoms with Crippen molar-refractivity contribution in [2.45, 2.75) is 39.5 Å². The quantitative estimate of drug-likeness (QED) is 0.838. The topological polar surface area (TPSA) is 52.6 Å². The van der Waals surface area contributed by atoms with Crippen molar-refractivity contribution in [1.82, 2.24) is 5.32 Å². The lowest BCUT2D eigenvalue weighted by Crippen LogP contribution is -2.54. The van der Waals surface area contributed by atoms with Crippen molar-refractivity contribution in [3.8, 4) is 0 Å². The Balaban J connectivity index is 2.26. The first-order valence-corrected chi connectivity index (χ1v) is 6.33. The van der Waals surface area contributed by atoms with Crippen molar-refractivity contribution in [3.63, 3.8) is 0 Å². The van der Waals surface area contributed by atoms with Crippen molar-refractivity contribution in [2.24, 2.45) is 0 Å². The van der Waals surface area contributed by atoms with E-state index in [4.69, 9.17) is 0 Å². The third-order valence-corrected chi connectivity index (χ3v) is 3.36. The predicted molar refractivity (Wildman–Crippen MR) is 71.4 cm³/mol. The van der Waals surface area contributed by atoms with Crippen LogP contribution in [-0.2, 0) is 4.79 Å². The van der Waals surface area contributed by atoms with Gasteiger partial charge in [0, 0.05) is 18.7 Å². The summed E-state index contributed by atoms with van der Waals surface area (Å²) in [4.78, 5) is 13.0. The number of aryl methyl sites for hydroxylation is 1. The van der Waals surface area contributed by atoms with E-state index in [0.29, 0.717) is 18.9 Å². The second kappa shape index (κ2) is 4.98. The monoisotopic (exact) mass is 248 g/mol. The van der Waals surface area contributed by atoms with Crippen molar-refractivity contribution in [3.05, 3.63) is 29.3 Å². The van der Waals surface area contributed by atoms with Crippen LogP contribution in [0.15, 0.2) is 18.2 Å². The van der Waals surface area contributed by atoms with E-state index >= 15 is 0 Å². The number of nitrogens with zero attached hydrogens (tertiary/aromatic N) is 1. The molecule has 1 aromatic rings. The van der Waals surface area contributed by atoms with Crippen LogP contribution >= 0.6 is 0 Å². The van der Waals surface area contributed by atoms with Crippen LogP contribution in [0.2, 0.25) is 0 Å². The maximum absolute atomic E-state index is 11.2. The van der Waals surface area contributed by atoms with Gasteiger partial charge in [-0.15, -0.1) is 0 Å². The molecule has 0 aliphatic carbocycles. The second-order valence-electron chi connectivity index (χ2n) is 5.09. The van der Waals surface area contributed by atoms with Crippen LogP contribution in [0.25, 0.3) is 0 Å². The lowest BCUT2D eigenvalue weighted by atomic mass is 9.99. The summed E-state index contributed by atoms with van der Waals surface area (Å²) in [7, 11) is 0. The molecule has 4 heteroatoms. The maximum Gasteiger partial charge on any atom is 0.225 e. The van der Waals surface area contributed by atoms with Crippen molar-refractivity contribution in [2.75, 3.05) is 11.4 Å². The minimum Gasteiger partial charge on any atom is -0.356 e. The largest absolute Gasteiger partial charge is 0.356 e. The van der Waals surface area contributed by atoms with Gasteiger partial charge >= 0.3 is 0 Å². The lowest BCUT2D eigenvalue weighted by molar-refractivity contribution is -0.125. The molecule has 4 nitrogen and oxygen atoms in total. The Kier molecular flexibility index (Phi) is 3.57. The van der Waals surface area contributed by atoms with Gasteiger partial charge in [-0.05, 0) is 30.0 Å². The normalized spacial score (nSPS) is 20.2. The van der Waals surface area contributed by atoms with E-state index < -0.39 is 6.35 Å². The fourth-order valence-corrected chi connectivity index (χ4v) is 2.25. The average molecular weight is 248 g/mol. The molecule has 0 spiro atoms. The first-order valence-electron chi connectivity index (χ1n) is 6.33. The Morgan fingerprint density at radius 1 is 1.44 bits per heavy atom. The number of aliphatic hydroxyl groups is 1. The molecule has 1 amide bonds. The van der Waals surface area contributed by atoms with Crippen LogP contribution in [0.3, 0.4) is 0 Å². The first-order chi connectivity index (χ1) is 8.49. The molecule has 98 valence electrons. The minimum absolute atomic E-state index is 0.102. The van der Waals surface area contributed by atoms with E-state index in [1.807, 2.05) is 17.9 Å². The molecule has 0 aromatic heterocycles. The van der Waals surface area contributed by atoms with Crippen molar-refractivity contribution < 1.29 is 9.90 Å². The van der Waals surface area contributed by atoms with Crippen LogP contribution in [0.4, 0.5) is 5.69 Å². The zero-order chi connectivity index (χ0) is 13.3. The van der Waals surface area contributed by atoms with E-state index in [9.17, 15) is 9.90 Å². The third-order valence-electron chi connectivity index (χ3n) is 3.36. The molecule has 0 bridgehead atoms. The number of carbonyl (C=O) groups excluding carboxylic acids is 1. The number of rotatable bonds is 2. The molecule has 1 fully saturated rings. The summed E-state index contributed by atoms with van der Waals surface area (Å²) in [5, 5.41) is 12.4. The van der Waals surface area contributed by atoms with E-state index in [-0.39, 0.29) is 5.91 Å². The summed E-state index contributed by atoms with van der Waals surface area (Å²) in [6, 6.07) is 6.24. The Hall–Kier alpha value is -1.55. The Morgan fingerprint density at radius 2 is 2.17 bits per heavy atom. The van der Waals surface area contributed by atoms with Gasteiger partial charge in [-0.1, -0.05) is 26.0 Å². The molecule has 0 radical (unpaired) electrons. The van der Waals surface area contributed by atoms with Gasteiger partial charge < -0.3 is 15.3 Å². The smallest absolute Gasteiger partial charge is 0.225 e. The van der Waals surface area contributed by atoms with E-state index in [2.05, 4.69) is 31.3 Å². The van der Waals surface area contributed by atoms with Crippen LogP contribution in [-0.4, -0.2) is 23.9 Å². The Labute approximate surface area is 108 Å². The highest BCUT2D eigenvalue weighted by Gasteiger charge is 2.25. The lowest BCUT2D eigenvalue weighted by Gasteiger charge is -2.35. The zero-order valence-electron chi connectivity index (χ0n) is 11.1. The summed E-state index contributed by atoms with van der Waals surface area (Å²) < 4.78 is 0. The number of hydrogen-bond acceptors (Lipinski definition) is 3. The molecular formula is C14H20N2O2. The Morgan fingerprint density at radius 3 is 2.72 bits per heavy atom. The van der Waals surface area contributed by atoms with Gasteiger partial charge in [0.25, 0.3) is 0 Å². The predicted octanol–water partition coefficient (Wildman–Crippen LogP) is 1.72. The number of hydrogen-bond donors (Lipinski definition) is 2. The SMILES string of the molecule is Cc1cc(C(C)C)ccc1N1CCC(=O)NC1O. The van der Waals surface area contributed by atoms with Gasteiger partial charge in [0.15, 0.2) is 0 Å². The summed E-state index contributed by atoms with van der Waals surface area (Å²) >= 11 is 0. The number of aliphatic hydroxyl groups excluding tert-OH is 1. The molecule has 1 aliphatic rings. The number of anilines is 1. The fourth-order valence-electron chi connectivity index (χ4n) is 2.25. The number of amides is 1. The molecule has 2 rings (SSSR count). The van der Waals surface area contributed by atoms with E-state index in [0.717, 1.165) is 11.3 Å². The van der Waals surface area contributed by atoms with Gasteiger partial charge in [0.1, 0.15) is 0 Å². The second-order valence-corrected chi connectivity index (χ2v) is 5.09. The number of nitrogens with one attached hydrogen (secondary N) is 1. The first kappa shape index (κ1) is 12.9. The summed E-state index contributed by atoms with van der Waals surface area (Å²) in [6.07, 6.45) is -0.502. The molecule has 18 heavy (non-hydrogen) atoms. The molecule has 0 saturated carbocycles. The zero-order valence-corrected chi connectivity index (χ0v) is 11.1. The van der Waals surface area contributed by atoms with Gasteiger partial charge in [-0.2, -0.15) is 0 Å². The average Bonchev–Trinajstić information content (AvgIpc) is 2.30. The fraction of sp³-hybridized carbons (Fsp3) is 0.500. The summed E-state index contributed by atoms with van der Waals surface area (Å²) in [5.41, 5.74) is 3.38. The molecule has 1 saturated heterocycles. The van der Waals surface area contributed by atoms with E-state index in [1.165, 1.54) is 5.56 Å². The van der Waals surface area contributed by atoms with Crippen LogP contribution in [0.1, 0.15) is 37.3 Å². The van der Waals surface area contributed by atoms with Crippen molar-refractivity contribution in [1.29, 1.82) is 0 Å². The summed E-state index contributed by atoms with van der Waals surface area (Å²) in [6.45, 7) is 6.90. The van der Waals surface area contributed by atoms with Gasteiger partial charge in [-0.25, -0.2) is 0 Å². The van der Waals surface area contributed by atoms with Crippen LogP contribution < -0.4 is 10.2 Å². The van der Waals surface area contributed by atoms with E-state index in [1.54, 1.807) is 0 Å². The molecule has 1 aliphatic heterocycles. The molecule has 1 heterocycles. The van der Waals surface area contributed by atoms with Crippen molar-refractivity contribution >= 4 is 11.6 Å². The van der Waals surface area contributed by atoms with Gasteiger partial charge in [-0.3, -0.25) is 4.79 Å². The van der Waals surface area contributed by atoms with Gasteiger partial charge in [0.2, 0.25) is 12.3 Å².